The average molecular weight is 255 g/mol. The van der Waals surface area contributed by atoms with E-state index in [0.29, 0.717) is 15.5 Å². The van der Waals surface area contributed by atoms with E-state index in [4.69, 9.17) is 16.7 Å². The standard InChI is InChI=1S/C10H7ClN2O2S/c11-7-3-1-2-4-8(7)13-5-6-16-9(13)12-10(14)15/h1-6H,(H,14,15). The zero-order valence-electron chi connectivity index (χ0n) is 8.00. The van der Waals surface area contributed by atoms with Crippen molar-refractivity contribution >= 4 is 29.0 Å². The predicted molar refractivity (Wildman–Crippen MR) is 62.2 cm³/mol. The van der Waals surface area contributed by atoms with Crippen LogP contribution in [0.25, 0.3) is 5.69 Å². The molecular formula is C10H7ClN2O2S. The third-order valence-electron chi connectivity index (χ3n) is 1.89. The van der Waals surface area contributed by atoms with Crippen molar-refractivity contribution in [1.82, 2.24) is 4.57 Å². The summed E-state index contributed by atoms with van der Waals surface area (Å²) in [5, 5.41) is 10.9. The van der Waals surface area contributed by atoms with Crippen LogP contribution in [-0.2, 0) is 0 Å². The molecular weight excluding hydrogens is 248 g/mol. The number of carboxylic acid groups (broad SMARTS) is 1. The first-order valence-electron chi connectivity index (χ1n) is 4.37. The molecule has 0 unspecified atom stereocenters. The smallest absolute Gasteiger partial charge is 0.433 e. The van der Waals surface area contributed by atoms with E-state index < -0.39 is 6.09 Å². The van der Waals surface area contributed by atoms with Gasteiger partial charge in [0.25, 0.3) is 0 Å². The summed E-state index contributed by atoms with van der Waals surface area (Å²) in [5.41, 5.74) is 0.713. The van der Waals surface area contributed by atoms with Crippen molar-refractivity contribution in [2.45, 2.75) is 0 Å². The molecule has 0 saturated heterocycles. The number of halogens is 1. The van der Waals surface area contributed by atoms with E-state index in [1.54, 1.807) is 28.3 Å². The summed E-state index contributed by atoms with van der Waals surface area (Å²) in [6.07, 6.45) is 0.511. The minimum atomic E-state index is -1.22. The fraction of sp³-hybridized carbons (Fsp3) is 0. The van der Waals surface area contributed by atoms with Gasteiger partial charge in [-0.05, 0) is 12.1 Å². The number of aromatic nitrogens is 1. The summed E-state index contributed by atoms with van der Waals surface area (Å²) in [4.78, 5) is 14.4. The second kappa shape index (κ2) is 4.51. The van der Waals surface area contributed by atoms with Gasteiger partial charge < -0.3 is 5.11 Å². The van der Waals surface area contributed by atoms with E-state index in [-0.39, 0.29) is 0 Å². The fourth-order valence-corrected chi connectivity index (χ4v) is 2.20. The summed E-state index contributed by atoms with van der Waals surface area (Å²) < 4.78 is 1.64. The Morgan fingerprint density at radius 1 is 1.44 bits per heavy atom. The van der Waals surface area contributed by atoms with Gasteiger partial charge in [-0.2, -0.15) is 0 Å². The van der Waals surface area contributed by atoms with E-state index >= 15 is 0 Å². The van der Waals surface area contributed by atoms with Crippen LogP contribution in [-0.4, -0.2) is 15.8 Å². The largest absolute Gasteiger partial charge is 0.463 e. The number of nitrogens with zero attached hydrogens (tertiary/aromatic N) is 2. The van der Waals surface area contributed by atoms with Crippen molar-refractivity contribution in [3.8, 4) is 5.69 Å². The number of carbonyl (C=O) groups is 1. The zero-order chi connectivity index (χ0) is 11.5. The van der Waals surface area contributed by atoms with Gasteiger partial charge in [0.1, 0.15) is 0 Å². The molecule has 2 rings (SSSR count). The van der Waals surface area contributed by atoms with Crippen LogP contribution in [0.2, 0.25) is 5.02 Å². The molecule has 1 heterocycles. The van der Waals surface area contributed by atoms with Crippen LogP contribution in [0.5, 0.6) is 0 Å². The highest BCUT2D eigenvalue weighted by Gasteiger charge is 2.04. The minimum absolute atomic E-state index is 0.376. The van der Waals surface area contributed by atoms with Crippen molar-refractivity contribution in [3.05, 3.63) is 45.7 Å². The van der Waals surface area contributed by atoms with Crippen LogP contribution < -0.4 is 4.80 Å². The van der Waals surface area contributed by atoms with Gasteiger partial charge in [0.15, 0.2) is 0 Å². The molecule has 6 heteroatoms. The van der Waals surface area contributed by atoms with Gasteiger partial charge >= 0.3 is 6.09 Å². The third kappa shape index (κ3) is 2.15. The van der Waals surface area contributed by atoms with E-state index in [1.807, 2.05) is 12.1 Å². The van der Waals surface area contributed by atoms with Gasteiger partial charge in [0.2, 0.25) is 4.80 Å². The molecule has 0 fully saturated rings. The minimum Gasteiger partial charge on any atom is -0.463 e. The normalized spacial score (nSPS) is 11.7. The molecule has 1 aromatic carbocycles. The maximum Gasteiger partial charge on any atom is 0.433 e. The highest BCUT2D eigenvalue weighted by Crippen LogP contribution is 2.18. The third-order valence-corrected chi connectivity index (χ3v) is 2.97. The van der Waals surface area contributed by atoms with Crippen LogP contribution in [0.4, 0.5) is 4.79 Å². The van der Waals surface area contributed by atoms with Crippen LogP contribution in [0.3, 0.4) is 0 Å². The van der Waals surface area contributed by atoms with Crippen molar-refractivity contribution in [1.29, 1.82) is 0 Å². The maximum atomic E-state index is 10.5. The molecule has 0 atom stereocenters. The molecule has 1 amide bonds. The Labute approximate surface area is 100 Å². The van der Waals surface area contributed by atoms with Crippen LogP contribution in [0, 0.1) is 0 Å². The lowest BCUT2D eigenvalue weighted by molar-refractivity contribution is 0.204. The maximum absolute atomic E-state index is 10.5. The Hall–Kier alpha value is -1.59. The first-order chi connectivity index (χ1) is 7.68. The zero-order valence-corrected chi connectivity index (χ0v) is 9.57. The Morgan fingerprint density at radius 3 is 2.88 bits per heavy atom. The van der Waals surface area contributed by atoms with Gasteiger partial charge in [-0.3, -0.25) is 4.57 Å². The molecule has 0 bridgehead atoms. The molecule has 1 N–H and O–H groups in total. The van der Waals surface area contributed by atoms with Gasteiger partial charge in [0, 0.05) is 11.6 Å². The fourth-order valence-electron chi connectivity index (χ4n) is 1.27. The van der Waals surface area contributed by atoms with Gasteiger partial charge in [0.05, 0.1) is 10.7 Å². The van der Waals surface area contributed by atoms with E-state index in [9.17, 15) is 4.79 Å². The lowest BCUT2D eigenvalue weighted by Gasteiger charge is -2.03. The molecule has 2 aromatic rings. The monoisotopic (exact) mass is 254 g/mol. The number of hydrogen-bond donors (Lipinski definition) is 1. The Kier molecular flexibility index (Phi) is 3.07. The Morgan fingerprint density at radius 2 is 2.19 bits per heavy atom. The SMILES string of the molecule is O=C(O)N=c1sccn1-c1ccccc1Cl. The first-order valence-corrected chi connectivity index (χ1v) is 5.63. The molecule has 0 spiro atoms. The summed E-state index contributed by atoms with van der Waals surface area (Å²) >= 11 is 7.26. The molecule has 0 radical (unpaired) electrons. The van der Waals surface area contributed by atoms with E-state index in [1.165, 1.54) is 11.3 Å². The van der Waals surface area contributed by atoms with Crippen molar-refractivity contribution in [2.75, 3.05) is 0 Å². The highest BCUT2D eigenvalue weighted by molar-refractivity contribution is 7.07. The second-order valence-corrected chi connectivity index (χ2v) is 4.18. The summed E-state index contributed by atoms with van der Waals surface area (Å²) in [6, 6.07) is 7.19. The molecule has 0 aliphatic carbocycles. The Balaban J connectivity index is 2.62. The topological polar surface area (TPSA) is 54.6 Å². The highest BCUT2D eigenvalue weighted by atomic mass is 35.5. The van der Waals surface area contributed by atoms with E-state index in [0.717, 1.165) is 0 Å². The predicted octanol–water partition coefficient (Wildman–Crippen LogP) is 2.77. The number of rotatable bonds is 1. The van der Waals surface area contributed by atoms with Gasteiger partial charge in [-0.25, -0.2) is 4.79 Å². The number of para-hydroxylation sites is 1. The summed E-state index contributed by atoms with van der Waals surface area (Å²) in [5.74, 6) is 0. The first kappa shape index (κ1) is 10.9. The average Bonchev–Trinajstić information content (AvgIpc) is 2.66. The number of thiazole rings is 1. The van der Waals surface area contributed by atoms with Crippen LogP contribution >= 0.6 is 22.9 Å². The molecule has 82 valence electrons. The molecule has 0 aliphatic rings. The van der Waals surface area contributed by atoms with Crippen molar-refractivity contribution in [3.63, 3.8) is 0 Å². The van der Waals surface area contributed by atoms with Crippen molar-refractivity contribution < 1.29 is 9.90 Å². The van der Waals surface area contributed by atoms with Crippen LogP contribution in [0.1, 0.15) is 0 Å². The lowest BCUT2D eigenvalue weighted by atomic mass is 10.3. The number of benzene rings is 1. The lowest BCUT2D eigenvalue weighted by Crippen LogP contribution is -2.14. The second-order valence-electron chi connectivity index (χ2n) is 2.90. The molecule has 0 saturated carbocycles. The molecule has 16 heavy (non-hydrogen) atoms. The number of hydrogen-bond acceptors (Lipinski definition) is 2. The summed E-state index contributed by atoms with van der Waals surface area (Å²) in [6.45, 7) is 0. The van der Waals surface area contributed by atoms with Gasteiger partial charge in [-0.15, -0.1) is 16.3 Å². The van der Waals surface area contributed by atoms with E-state index in [2.05, 4.69) is 4.99 Å². The molecule has 4 nitrogen and oxygen atoms in total. The number of amides is 1. The molecule has 1 aromatic heterocycles. The Bertz CT molecular complexity index is 588. The summed E-state index contributed by atoms with van der Waals surface area (Å²) in [7, 11) is 0. The van der Waals surface area contributed by atoms with Crippen molar-refractivity contribution in [2.24, 2.45) is 4.99 Å². The van der Waals surface area contributed by atoms with Crippen LogP contribution in [0.15, 0.2) is 40.8 Å². The van der Waals surface area contributed by atoms with Gasteiger partial charge in [-0.1, -0.05) is 23.7 Å². The molecule has 0 aliphatic heterocycles. The quantitative estimate of drug-likeness (QED) is 0.851.